The number of amides is 1. The molecule has 0 aromatic carbocycles. The zero-order valence-corrected chi connectivity index (χ0v) is 12.1. The maximum Gasteiger partial charge on any atom is 0.408 e. The number of esters is 1. The maximum absolute atomic E-state index is 12.1. The van der Waals surface area contributed by atoms with Crippen LogP contribution in [0.15, 0.2) is 12.7 Å². The fraction of sp³-hybridized carbons (Fsp3) is 0.714. The predicted molar refractivity (Wildman–Crippen MR) is 71.7 cm³/mol. The van der Waals surface area contributed by atoms with Gasteiger partial charge in [0.15, 0.2) is 0 Å². The highest BCUT2D eigenvalue weighted by atomic mass is 16.6. The number of alkyl carbamates (subject to hydrolysis) is 1. The zero-order chi connectivity index (χ0) is 14.7. The van der Waals surface area contributed by atoms with Gasteiger partial charge in [0.05, 0.1) is 6.61 Å². The zero-order valence-electron chi connectivity index (χ0n) is 12.1. The average Bonchev–Trinajstić information content (AvgIpc) is 2.22. The summed E-state index contributed by atoms with van der Waals surface area (Å²) < 4.78 is 10.3. The molecule has 0 spiro atoms. The molecule has 1 amide bonds. The van der Waals surface area contributed by atoms with E-state index in [9.17, 15) is 9.59 Å². The van der Waals surface area contributed by atoms with E-state index in [1.165, 1.54) is 0 Å². The van der Waals surface area contributed by atoms with Crippen LogP contribution in [0.5, 0.6) is 0 Å². The first kappa shape index (κ1) is 15.5. The lowest BCUT2D eigenvalue weighted by atomic mass is 9.66. The van der Waals surface area contributed by atoms with Crippen molar-refractivity contribution in [1.29, 1.82) is 0 Å². The van der Waals surface area contributed by atoms with Crippen molar-refractivity contribution in [2.75, 3.05) is 6.61 Å². The van der Waals surface area contributed by atoms with Crippen molar-refractivity contribution in [2.45, 2.75) is 51.7 Å². The lowest BCUT2D eigenvalue weighted by Crippen LogP contribution is -2.65. The molecule has 19 heavy (non-hydrogen) atoms. The second kappa shape index (κ2) is 5.63. The van der Waals surface area contributed by atoms with Gasteiger partial charge >= 0.3 is 12.1 Å². The van der Waals surface area contributed by atoms with Crippen LogP contribution >= 0.6 is 0 Å². The Morgan fingerprint density at radius 2 is 2.11 bits per heavy atom. The third kappa shape index (κ3) is 3.49. The van der Waals surface area contributed by atoms with Crippen molar-refractivity contribution in [1.82, 2.24) is 5.32 Å². The van der Waals surface area contributed by atoms with Crippen LogP contribution in [0.2, 0.25) is 0 Å². The largest absolute Gasteiger partial charge is 0.464 e. The Morgan fingerprint density at radius 3 is 2.47 bits per heavy atom. The van der Waals surface area contributed by atoms with Gasteiger partial charge in [-0.1, -0.05) is 6.08 Å². The lowest BCUT2D eigenvalue weighted by molar-refractivity contribution is -0.158. The summed E-state index contributed by atoms with van der Waals surface area (Å²) >= 11 is 0. The first-order chi connectivity index (χ1) is 8.75. The van der Waals surface area contributed by atoms with Crippen LogP contribution in [-0.4, -0.2) is 29.8 Å². The molecule has 0 saturated heterocycles. The molecule has 0 heterocycles. The monoisotopic (exact) mass is 269 g/mol. The van der Waals surface area contributed by atoms with Gasteiger partial charge in [-0.15, -0.1) is 6.58 Å². The summed E-state index contributed by atoms with van der Waals surface area (Å²) in [5.41, 5.74) is -1.62. The van der Waals surface area contributed by atoms with Crippen LogP contribution in [0.3, 0.4) is 0 Å². The van der Waals surface area contributed by atoms with E-state index in [2.05, 4.69) is 11.9 Å². The SMILES string of the molecule is C=C[C@@H]1CC[C@]1(NC(=O)OC(C)(C)C)C(=O)OCC. The molecule has 1 aliphatic carbocycles. The Bertz CT molecular complexity index is 372. The molecule has 0 aromatic rings. The number of carbonyl (C=O) groups excluding carboxylic acids is 2. The highest BCUT2D eigenvalue weighted by Crippen LogP contribution is 2.40. The van der Waals surface area contributed by atoms with Crippen LogP contribution in [0, 0.1) is 5.92 Å². The third-order valence-electron chi connectivity index (χ3n) is 3.13. The standard InChI is InChI=1S/C14H23NO4/c1-6-10-8-9-14(10,11(16)18-7-2)15-12(17)19-13(3,4)5/h6,10H,1,7-9H2,2-5H3,(H,15,17)/t10-,14-/m1/s1. The van der Waals surface area contributed by atoms with E-state index in [0.717, 1.165) is 6.42 Å². The number of hydrogen-bond acceptors (Lipinski definition) is 4. The van der Waals surface area contributed by atoms with E-state index in [-0.39, 0.29) is 12.5 Å². The second-order valence-corrected chi connectivity index (χ2v) is 5.70. The molecule has 1 saturated carbocycles. The molecule has 1 N–H and O–H groups in total. The van der Waals surface area contributed by atoms with Crippen LogP contribution < -0.4 is 5.32 Å². The fourth-order valence-electron chi connectivity index (χ4n) is 2.12. The second-order valence-electron chi connectivity index (χ2n) is 5.70. The number of ether oxygens (including phenoxy) is 2. The maximum atomic E-state index is 12.1. The number of hydrogen-bond donors (Lipinski definition) is 1. The van der Waals surface area contributed by atoms with Gasteiger partial charge in [-0.2, -0.15) is 0 Å². The Balaban J connectivity index is 2.79. The van der Waals surface area contributed by atoms with Gasteiger partial charge in [0.1, 0.15) is 11.1 Å². The molecule has 1 rings (SSSR count). The molecule has 1 fully saturated rings. The highest BCUT2D eigenvalue weighted by molar-refractivity contribution is 5.87. The van der Waals surface area contributed by atoms with E-state index >= 15 is 0 Å². The van der Waals surface area contributed by atoms with Crippen LogP contribution in [0.4, 0.5) is 4.79 Å². The van der Waals surface area contributed by atoms with Crippen molar-refractivity contribution >= 4 is 12.1 Å². The molecule has 0 aliphatic heterocycles. The van der Waals surface area contributed by atoms with Crippen molar-refractivity contribution < 1.29 is 19.1 Å². The van der Waals surface area contributed by atoms with E-state index < -0.39 is 23.2 Å². The van der Waals surface area contributed by atoms with E-state index in [0.29, 0.717) is 6.42 Å². The summed E-state index contributed by atoms with van der Waals surface area (Å²) in [5.74, 6) is -0.531. The predicted octanol–water partition coefficient (Wildman–Crippen LogP) is 2.41. The summed E-state index contributed by atoms with van der Waals surface area (Å²) in [6.07, 6.45) is 2.42. The summed E-state index contributed by atoms with van der Waals surface area (Å²) in [5, 5.41) is 2.67. The highest BCUT2D eigenvalue weighted by Gasteiger charge is 2.54. The van der Waals surface area contributed by atoms with Gasteiger partial charge in [-0.05, 0) is 40.5 Å². The molecular weight excluding hydrogens is 246 g/mol. The topological polar surface area (TPSA) is 64.6 Å². The first-order valence-corrected chi connectivity index (χ1v) is 6.56. The van der Waals surface area contributed by atoms with E-state index in [4.69, 9.17) is 9.47 Å². The fourth-order valence-corrected chi connectivity index (χ4v) is 2.12. The Kier molecular flexibility index (Phi) is 4.61. The molecule has 1 aliphatic rings. The Hall–Kier alpha value is -1.52. The molecule has 5 nitrogen and oxygen atoms in total. The van der Waals surface area contributed by atoms with Gasteiger partial charge in [-0.25, -0.2) is 9.59 Å². The van der Waals surface area contributed by atoms with Crippen molar-refractivity contribution in [3.05, 3.63) is 12.7 Å². The summed E-state index contributed by atoms with van der Waals surface area (Å²) in [6, 6.07) is 0. The average molecular weight is 269 g/mol. The van der Waals surface area contributed by atoms with Gasteiger partial charge in [0.2, 0.25) is 0 Å². The lowest BCUT2D eigenvalue weighted by Gasteiger charge is -2.45. The molecule has 0 bridgehead atoms. The summed E-state index contributed by atoms with van der Waals surface area (Å²) in [6.45, 7) is 11.0. The summed E-state index contributed by atoms with van der Waals surface area (Å²) in [7, 11) is 0. The molecule has 0 radical (unpaired) electrons. The minimum Gasteiger partial charge on any atom is -0.464 e. The number of rotatable bonds is 4. The molecule has 0 aromatic heterocycles. The number of carbonyl (C=O) groups is 2. The minimum atomic E-state index is -1.01. The smallest absolute Gasteiger partial charge is 0.408 e. The molecule has 2 atom stereocenters. The molecular formula is C14H23NO4. The summed E-state index contributed by atoms with van der Waals surface area (Å²) in [4.78, 5) is 23.9. The quantitative estimate of drug-likeness (QED) is 0.628. The van der Waals surface area contributed by atoms with E-state index in [1.807, 2.05) is 0 Å². The van der Waals surface area contributed by atoms with Gasteiger partial charge in [0, 0.05) is 5.92 Å². The molecule has 108 valence electrons. The Labute approximate surface area is 114 Å². The van der Waals surface area contributed by atoms with Crippen molar-refractivity contribution in [2.24, 2.45) is 5.92 Å². The van der Waals surface area contributed by atoms with Crippen LogP contribution in [-0.2, 0) is 14.3 Å². The first-order valence-electron chi connectivity index (χ1n) is 6.56. The van der Waals surface area contributed by atoms with Gasteiger partial charge < -0.3 is 14.8 Å². The van der Waals surface area contributed by atoms with E-state index in [1.54, 1.807) is 33.8 Å². The normalized spacial score (nSPS) is 26.0. The van der Waals surface area contributed by atoms with Crippen LogP contribution in [0.1, 0.15) is 40.5 Å². The molecule has 0 unspecified atom stereocenters. The van der Waals surface area contributed by atoms with Crippen molar-refractivity contribution in [3.63, 3.8) is 0 Å². The number of nitrogens with one attached hydrogen (secondary N) is 1. The third-order valence-corrected chi connectivity index (χ3v) is 3.13. The van der Waals surface area contributed by atoms with Gasteiger partial charge in [-0.3, -0.25) is 0 Å². The Morgan fingerprint density at radius 1 is 1.47 bits per heavy atom. The molecule has 5 heteroatoms. The van der Waals surface area contributed by atoms with Crippen LogP contribution in [0.25, 0.3) is 0 Å². The van der Waals surface area contributed by atoms with Crippen molar-refractivity contribution in [3.8, 4) is 0 Å². The minimum absolute atomic E-state index is 0.112. The van der Waals surface area contributed by atoms with Gasteiger partial charge in [0.25, 0.3) is 0 Å².